The van der Waals surface area contributed by atoms with Crippen molar-refractivity contribution >= 4 is 0 Å². The van der Waals surface area contributed by atoms with Gasteiger partial charge in [-0.1, -0.05) is 0 Å². The number of rotatable bonds is 0. The lowest BCUT2D eigenvalue weighted by Gasteiger charge is -2.05. The molecule has 5 nitrogen and oxygen atoms in total. The van der Waals surface area contributed by atoms with Gasteiger partial charge in [-0.15, -0.1) is 0 Å². The second kappa shape index (κ2) is 3.11. The van der Waals surface area contributed by atoms with Crippen LogP contribution in [-0.4, -0.2) is 15.3 Å². The van der Waals surface area contributed by atoms with Crippen LogP contribution in [0, 0.1) is 28.5 Å². The number of phenolic OH excluding ortho intramolecular Hbond substituents is 3. The van der Waals surface area contributed by atoms with E-state index in [4.69, 9.17) is 25.8 Å². The first kappa shape index (κ1) is 9.62. The summed E-state index contributed by atoms with van der Waals surface area (Å²) in [5.74, 6) is -4.80. The van der Waals surface area contributed by atoms with Crippen LogP contribution in [0.3, 0.4) is 0 Å². The van der Waals surface area contributed by atoms with Crippen LogP contribution < -0.4 is 0 Å². The normalized spacial score (nSPS) is 9.07. The molecule has 14 heavy (non-hydrogen) atoms. The molecular formula is C8H3FN2O3. The van der Waals surface area contributed by atoms with Gasteiger partial charge in [-0.2, -0.15) is 14.9 Å². The van der Waals surface area contributed by atoms with E-state index in [1.165, 1.54) is 12.1 Å². The van der Waals surface area contributed by atoms with Crippen molar-refractivity contribution < 1.29 is 19.7 Å². The molecule has 0 aliphatic rings. The molecule has 0 unspecified atom stereocenters. The molecule has 0 radical (unpaired) electrons. The smallest absolute Gasteiger partial charge is 0.209 e. The van der Waals surface area contributed by atoms with Crippen molar-refractivity contribution in [2.24, 2.45) is 0 Å². The predicted molar refractivity (Wildman–Crippen MR) is 40.8 cm³/mol. The van der Waals surface area contributed by atoms with E-state index in [0.29, 0.717) is 0 Å². The topological polar surface area (TPSA) is 108 Å². The fraction of sp³-hybridized carbons (Fsp3) is 0. The summed E-state index contributed by atoms with van der Waals surface area (Å²) in [6, 6.07) is 2.61. The van der Waals surface area contributed by atoms with Gasteiger partial charge in [0.05, 0.1) is 0 Å². The van der Waals surface area contributed by atoms with Crippen molar-refractivity contribution in [3.63, 3.8) is 0 Å². The molecule has 6 heteroatoms. The Hall–Kier alpha value is -2.47. The minimum atomic E-state index is -1.50. The Kier molecular flexibility index (Phi) is 2.14. The summed E-state index contributed by atoms with van der Waals surface area (Å²) in [5.41, 5.74) is -1.56. The van der Waals surface area contributed by atoms with Crippen molar-refractivity contribution in [2.45, 2.75) is 0 Å². The highest BCUT2D eigenvalue weighted by molar-refractivity contribution is 5.65. The molecule has 0 amide bonds. The molecule has 0 saturated carbocycles. The first-order valence-electron chi connectivity index (χ1n) is 3.31. The van der Waals surface area contributed by atoms with Crippen molar-refractivity contribution in [3.8, 4) is 29.4 Å². The average molecular weight is 194 g/mol. The molecule has 0 aliphatic heterocycles. The van der Waals surface area contributed by atoms with Gasteiger partial charge in [0.2, 0.25) is 5.82 Å². The lowest BCUT2D eigenvalue weighted by molar-refractivity contribution is 0.375. The zero-order valence-corrected chi connectivity index (χ0v) is 6.61. The Morgan fingerprint density at radius 1 is 0.857 bits per heavy atom. The van der Waals surface area contributed by atoms with Crippen LogP contribution >= 0.6 is 0 Å². The Morgan fingerprint density at radius 2 is 1.21 bits per heavy atom. The molecule has 0 spiro atoms. The summed E-state index contributed by atoms with van der Waals surface area (Å²) < 4.78 is 12.9. The van der Waals surface area contributed by atoms with E-state index < -0.39 is 34.2 Å². The summed E-state index contributed by atoms with van der Waals surface area (Å²) in [4.78, 5) is 0. The molecule has 0 atom stereocenters. The SMILES string of the molecule is N#Cc1c(O)c(F)c(O)c(C#N)c1O. The summed E-state index contributed by atoms with van der Waals surface area (Å²) in [5, 5.41) is 43.9. The number of benzene rings is 1. The van der Waals surface area contributed by atoms with Gasteiger partial charge in [0.15, 0.2) is 17.2 Å². The standard InChI is InChI=1S/C8H3FN2O3/c9-5-7(13)3(1-10)6(12)4(2-11)8(5)14/h12-14H. The second-order valence-corrected chi connectivity index (χ2v) is 2.33. The van der Waals surface area contributed by atoms with Crippen LogP contribution in [0.25, 0.3) is 0 Å². The van der Waals surface area contributed by atoms with Crippen LogP contribution in [0.4, 0.5) is 4.39 Å². The molecule has 0 bridgehead atoms. The number of hydrogen-bond donors (Lipinski definition) is 3. The Labute approximate surface area is 77.5 Å². The minimum Gasteiger partial charge on any atom is -0.505 e. The van der Waals surface area contributed by atoms with Gasteiger partial charge in [0.25, 0.3) is 0 Å². The maximum Gasteiger partial charge on any atom is 0.209 e. The van der Waals surface area contributed by atoms with Gasteiger partial charge in [-0.3, -0.25) is 0 Å². The van der Waals surface area contributed by atoms with E-state index in [1.54, 1.807) is 0 Å². The number of aromatic hydroxyl groups is 3. The molecule has 1 aromatic rings. The van der Waals surface area contributed by atoms with E-state index in [9.17, 15) is 4.39 Å². The predicted octanol–water partition coefficient (Wildman–Crippen LogP) is 0.686. The lowest BCUT2D eigenvalue weighted by atomic mass is 10.1. The van der Waals surface area contributed by atoms with Gasteiger partial charge < -0.3 is 15.3 Å². The van der Waals surface area contributed by atoms with Gasteiger partial charge in [-0.05, 0) is 0 Å². The van der Waals surface area contributed by atoms with Gasteiger partial charge >= 0.3 is 0 Å². The lowest BCUT2D eigenvalue weighted by Crippen LogP contribution is -1.90. The number of nitriles is 2. The summed E-state index contributed by atoms with van der Waals surface area (Å²) in [7, 11) is 0. The average Bonchev–Trinajstić information content (AvgIpc) is 2.16. The van der Waals surface area contributed by atoms with Gasteiger partial charge in [0.1, 0.15) is 23.3 Å². The van der Waals surface area contributed by atoms with Crippen LogP contribution in [0.2, 0.25) is 0 Å². The zero-order valence-electron chi connectivity index (χ0n) is 6.61. The highest BCUT2D eigenvalue weighted by Crippen LogP contribution is 2.39. The molecule has 1 aromatic carbocycles. The minimum absolute atomic E-state index is 0.781. The molecule has 0 saturated heterocycles. The Balaban J connectivity index is 3.78. The van der Waals surface area contributed by atoms with Crippen molar-refractivity contribution in [2.75, 3.05) is 0 Å². The zero-order chi connectivity index (χ0) is 10.9. The molecule has 0 aliphatic carbocycles. The van der Waals surface area contributed by atoms with Crippen LogP contribution in [0.5, 0.6) is 17.2 Å². The van der Waals surface area contributed by atoms with E-state index in [2.05, 4.69) is 0 Å². The van der Waals surface area contributed by atoms with Crippen molar-refractivity contribution in [1.29, 1.82) is 10.5 Å². The highest BCUT2D eigenvalue weighted by atomic mass is 19.1. The molecule has 70 valence electrons. The monoisotopic (exact) mass is 194 g/mol. The highest BCUT2D eigenvalue weighted by Gasteiger charge is 2.23. The molecular weight excluding hydrogens is 191 g/mol. The fourth-order valence-corrected chi connectivity index (χ4v) is 0.893. The van der Waals surface area contributed by atoms with Gasteiger partial charge in [-0.25, -0.2) is 0 Å². The van der Waals surface area contributed by atoms with E-state index in [0.717, 1.165) is 0 Å². The largest absolute Gasteiger partial charge is 0.505 e. The maximum absolute atomic E-state index is 12.9. The third-order valence-electron chi connectivity index (χ3n) is 1.59. The van der Waals surface area contributed by atoms with Crippen LogP contribution in [0.1, 0.15) is 11.1 Å². The molecule has 3 N–H and O–H groups in total. The number of halogens is 1. The Morgan fingerprint density at radius 3 is 1.50 bits per heavy atom. The Bertz CT molecular complexity index is 444. The van der Waals surface area contributed by atoms with Crippen LogP contribution in [0.15, 0.2) is 0 Å². The number of nitrogens with zero attached hydrogens (tertiary/aromatic N) is 2. The van der Waals surface area contributed by atoms with E-state index >= 15 is 0 Å². The maximum atomic E-state index is 12.9. The summed E-state index contributed by atoms with van der Waals surface area (Å²) in [6.45, 7) is 0. The third kappa shape index (κ3) is 1.06. The summed E-state index contributed by atoms with van der Waals surface area (Å²) >= 11 is 0. The molecule has 0 aromatic heterocycles. The number of hydrogen-bond acceptors (Lipinski definition) is 5. The number of phenols is 3. The third-order valence-corrected chi connectivity index (χ3v) is 1.59. The fourth-order valence-electron chi connectivity index (χ4n) is 0.893. The second-order valence-electron chi connectivity index (χ2n) is 2.33. The molecule has 0 fully saturated rings. The quantitative estimate of drug-likeness (QED) is 0.562. The first-order chi connectivity index (χ1) is 6.54. The van der Waals surface area contributed by atoms with Crippen molar-refractivity contribution in [3.05, 3.63) is 16.9 Å². The van der Waals surface area contributed by atoms with E-state index in [1.807, 2.05) is 0 Å². The molecule has 0 heterocycles. The van der Waals surface area contributed by atoms with Crippen LogP contribution in [-0.2, 0) is 0 Å². The van der Waals surface area contributed by atoms with E-state index in [-0.39, 0.29) is 0 Å². The molecule has 1 rings (SSSR count). The summed E-state index contributed by atoms with van der Waals surface area (Å²) in [6.07, 6.45) is 0. The van der Waals surface area contributed by atoms with Gasteiger partial charge in [0, 0.05) is 0 Å². The first-order valence-corrected chi connectivity index (χ1v) is 3.31. The van der Waals surface area contributed by atoms with Crippen molar-refractivity contribution in [1.82, 2.24) is 0 Å².